The first kappa shape index (κ1) is 25.6. The van der Waals surface area contributed by atoms with Crippen molar-refractivity contribution in [3.05, 3.63) is 125 Å². The summed E-state index contributed by atoms with van der Waals surface area (Å²) in [6.07, 6.45) is 0.930. The second kappa shape index (κ2) is 11.1. The summed E-state index contributed by atoms with van der Waals surface area (Å²) in [4.78, 5) is 2.27. The second-order valence-corrected chi connectivity index (χ2v) is 8.97. The Morgan fingerprint density at radius 3 is 2.11 bits per heavy atom. The molecule has 0 bridgehead atoms. The number of rotatable bonds is 10. The highest BCUT2D eigenvalue weighted by Crippen LogP contribution is 2.38. The first-order valence-electron chi connectivity index (χ1n) is 12.0. The molecule has 4 aromatic rings. The zero-order valence-electron chi connectivity index (χ0n) is 20.7. The number of hydrogen-bond acceptors (Lipinski definition) is 4. The predicted molar refractivity (Wildman–Crippen MR) is 136 cm³/mol. The Labute approximate surface area is 210 Å². The molecule has 3 aromatic carbocycles. The maximum atomic E-state index is 14.1. The first-order chi connectivity index (χ1) is 17.3. The maximum absolute atomic E-state index is 14.1. The van der Waals surface area contributed by atoms with Crippen LogP contribution >= 0.6 is 0 Å². The fraction of sp³-hybridized carbons (Fsp3) is 0.267. The van der Waals surface area contributed by atoms with E-state index in [1.165, 1.54) is 36.4 Å². The lowest BCUT2D eigenvalue weighted by Crippen LogP contribution is -2.31. The highest BCUT2D eigenvalue weighted by Gasteiger charge is 2.38. The fourth-order valence-corrected chi connectivity index (χ4v) is 4.41. The number of hydrogen-bond donors (Lipinski definition) is 1. The van der Waals surface area contributed by atoms with Gasteiger partial charge in [0.05, 0.1) is 13.7 Å². The molecule has 4 rings (SSSR count). The van der Waals surface area contributed by atoms with E-state index in [9.17, 15) is 13.9 Å². The molecular formula is C30H31F2NO3. The highest BCUT2D eigenvalue weighted by molar-refractivity contribution is 5.44. The van der Waals surface area contributed by atoms with Crippen molar-refractivity contribution in [2.75, 3.05) is 7.11 Å². The largest absolute Gasteiger partial charge is 0.496 e. The van der Waals surface area contributed by atoms with Crippen molar-refractivity contribution >= 4 is 0 Å². The smallest absolute Gasteiger partial charge is 0.173 e. The average Bonchev–Trinajstić information content (AvgIpc) is 3.36. The second-order valence-electron chi connectivity index (χ2n) is 8.97. The van der Waals surface area contributed by atoms with Crippen molar-refractivity contribution in [3.63, 3.8) is 0 Å². The van der Waals surface area contributed by atoms with E-state index in [1.807, 2.05) is 24.3 Å². The molecule has 0 fully saturated rings. The Morgan fingerprint density at radius 2 is 1.53 bits per heavy atom. The van der Waals surface area contributed by atoms with Crippen LogP contribution in [0.2, 0.25) is 0 Å². The molecule has 0 amide bonds. The Bertz CT molecular complexity index is 1260. The summed E-state index contributed by atoms with van der Waals surface area (Å²) in [5.74, 6) is 0.627. The molecule has 1 N–H and O–H groups in total. The van der Waals surface area contributed by atoms with Gasteiger partial charge in [0, 0.05) is 18.2 Å². The van der Waals surface area contributed by atoms with E-state index < -0.39 is 17.2 Å². The lowest BCUT2D eigenvalue weighted by atomic mass is 9.84. The summed E-state index contributed by atoms with van der Waals surface area (Å²) >= 11 is 0. The van der Waals surface area contributed by atoms with Crippen LogP contribution in [0.15, 0.2) is 89.3 Å². The molecule has 0 spiro atoms. The van der Waals surface area contributed by atoms with E-state index in [4.69, 9.17) is 9.15 Å². The summed E-state index contributed by atoms with van der Waals surface area (Å²) in [6, 6.07) is 22.9. The molecule has 0 aliphatic carbocycles. The molecule has 1 aromatic heterocycles. The number of para-hydroxylation sites is 1. The third-order valence-corrected chi connectivity index (χ3v) is 6.64. The molecule has 0 saturated heterocycles. The van der Waals surface area contributed by atoms with Crippen LogP contribution in [0.5, 0.6) is 5.75 Å². The lowest BCUT2D eigenvalue weighted by Gasteiger charge is -2.29. The summed E-state index contributed by atoms with van der Waals surface area (Å²) in [5, 5.41) is 11.9. The van der Waals surface area contributed by atoms with Gasteiger partial charge in [0.2, 0.25) is 0 Å². The zero-order chi connectivity index (χ0) is 25.7. The van der Waals surface area contributed by atoms with Gasteiger partial charge in [-0.1, -0.05) is 49.4 Å². The van der Waals surface area contributed by atoms with Gasteiger partial charge in [-0.3, -0.25) is 4.90 Å². The lowest BCUT2D eigenvalue weighted by molar-refractivity contribution is 0.0928. The molecule has 6 heteroatoms. The summed E-state index contributed by atoms with van der Waals surface area (Å²) in [5.41, 5.74) is -0.307. The molecular weight excluding hydrogens is 460 g/mol. The van der Waals surface area contributed by atoms with Gasteiger partial charge < -0.3 is 14.3 Å². The Morgan fingerprint density at radius 1 is 0.889 bits per heavy atom. The molecule has 36 heavy (non-hydrogen) atoms. The van der Waals surface area contributed by atoms with Gasteiger partial charge in [-0.25, -0.2) is 8.78 Å². The summed E-state index contributed by atoms with van der Waals surface area (Å²) < 4.78 is 40.0. The Hall–Kier alpha value is -3.48. The van der Waals surface area contributed by atoms with Crippen LogP contribution in [-0.2, 0) is 18.7 Å². The summed E-state index contributed by atoms with van der Waals surface area (Å²) in [6.45, 7) is 5.40. The van der Waals surface area contributed by atoms with E-state index in [-0.39, 0.29) is 22.9 Å². The van der Waals surface area contributed by atoms with Crippen LogP contribution in [0.25, 0.3) is 0 Å². The van der Waals surface area contributed by atoms with Gasteiger partial charge in [0.15, 0.2) is 5.60 Å². The van der Waals surface area contributed by atoms with Crippen molar-refractivity contribution in [2.45, 2.75) is 45.0 Å². The van der Waals surface area contributed by atoms with E-state index >= 15 is 0 Å². The van der Waals surface area contributed by atoms with E-state index in [1.54, 1.807) is 31.4 Å². The van der Waals surface area contributed by atoms with Crippen LogP contribution in [0.4, 0.5) is 8.78 Å². The summed E-state index contributed by atoms with van der Waals surface area (Å²) in [7, 11) is 1.66. The average molecular weight is 492 g/mol. The minimum absolute atomic E-state index is 0.190. The number of benzene rings is 3. The molecule has 0 aliphatic heterocycles. The third kappa shape index (κ3) is 5.35. The number of furan rings is 1. The van der Waals surface area contributed by atoms with E-state index in [2.05, 4.69) is 18.7 Å². The van der Waals surface area contributed by atoms with Gasteiger partial charge in [-0.2, -0.15) is 0 Å². The predicted octanol–water partition coefficient (Wildman–Crippen LogP) is 6.65. The fourth-order valence-electron chi connectivity index (χ4n) is 4.41. The number of ether oxygens (including phenoxy) is 1. The van der Waals surface area contributed by atoms with Gasteiger partial charge in [0.1, 0.15) is 28.9 Å². The van der Waals surface area contributed by atoms with E-state index in [0.29, 0.717) is 18.8 Å². The number of methoxy groups -OCH3 is 1. The molecule has 0 radical (unpaired) electrons. The number of halogens is 2. The van der Waals surface area contributed by atoms with Crippen LogP contribution in [0.3, 0.4) is 0 Å². The van der Waals surface area contributed by atoms with Crippen LogP contribution in [-0.4, -0.2) is 23.2 Å². The van der Waals surface area contributed by atoms with Crippen molar-refractivity contribution in [2.24, 2.45) is 0 Å². The number of nitrogens with zero attached hydrogens (tertiary/aromatic N) is 1. The normalized spacial score (nSPS) is 12.6. The molecule has 1 atom stereocenters. The minimum Gasteiger partial charge on any atom is -0.496 e. The van der Waals surface area contributed by atoms with Gasteiger partial charge in [-0.05, 0) is 66.9 Å². The quantitative estimate of drug-likeness (QED) is 0.270. The molecule has 4 nitrogen and oxygen atoms in total. The van der Waals surface area contributed by atoms with Crippen molar-refractivity contribution < 1.29 is 23.0 Å². The van der Waals surface area contributed by atoms with Crippen LogP contribution in [0, 0.1) is 11.6 Å². The third-order valence-electron chi connectivity index (χ3n) is 6.64. The van der Waals surface area contributed by atoms with E-state index in [0.717, 1.165) is 17.7 Å². The zero-order valence-corrected chi connectivity index (χ0v) is 20.7. The number of aliphatic hydroxyl groups is 1. The van der Waals surface area contributed by atoms with Gasteiger partial charge in [0.25, 0.3) is 0 Å². The molecule has 0 saturated carbocycles. The maximum Gasteiger partial charge on any atom is 0.173 e. The van der Waals surface area contributed by atoms with Crippen LogP contribution < -0.4 is 4.74 Å². The van der Waals surface area contributed by atoms with Crippen LogP contribution in [0.1, 0.15) is 48.5 Å². The molecule has 1 unspecified atom stereocenters. The molecule has 188 valence electrons. The SMILES string of the molecule is CCC(C)N(Cc1ccc(C(O)(c2cccc(F)c2)c2cccc(F)c2)o1)Cc1ccccc1OC. The monoisotopic (exact) mass is 491 g/mol. The highest BCUT2D eigenvalue weighted by atomic mass is 19.1. The van der Waals surface area contributed by atoms with Gasteiger partial charge in [-0.15, -0.1) is 0 Å². The van der Waals surface area contributed by atoms with Crippen molar-refractivity contribution in [3.8, 4) is 5.75 Å². The topological polar surface area (TPSA) is 45.8 Å². The van der Waals surface area contributed by atoms with Gasteiger partial charge >= 0.3 is 0 Å². The molecule has 1 heterocycles. The first-order valence-corrected chi connectivity index (χ1v) is 12.0. The van der Waals surface area contributed by atoms with Crippen molar-refractivity contribution in [1.82, 2.24) is 4.90 Å². The standard InChI is InChI=1S/C30H31F2NO3/c1-4-21(2)33(19-22-9-5-6-14-28(22)35-3)20-27-15-16-29(36-27)30(34,23-10-7-12-25(31)17-23)24-11-8-13-26(32)18-24/h5-18,21,34H,4,19-20H2,1-3H3. The Balaban J connectivity index is 1.70. The van der Waals surface area contributed by atoms with Crippen molar-refractivity contribution in [1.29, 1.82) is 0 Å². The Kier molecular flexibility index (Phi) is 7.87. The molecule has 0 aliphatic rings. The minimum atomic E-state index is -1.87.